The first kappa shape index (κ1) is 13.1. The van der Waals surface area contributed by atoms with Crippen LogP contribution in [0, 0.1) is 19.8 Å². The summed E-state index contributed by atoms with van der Waals surface area (Å²) in [6, 6.07) is 3.84. The zero-order valence-corrected chi connectivity index (χ0v) is 11.2. The molecule has 0 aromatic heterocycles. The normalized spacial score (nSPS) is 15.3. The molecule has 0 spiro atoms. The Labute approximate surface area is 108 Å². The van der Waals surface area contributed by atoms with Crippen molar-refractivity contribution in [3.05, 3.63) is 28.8 Å². The molecule has 0 radical (unpaired) electrons. The summed E-state index contributed by atoms with van der Waals surface area (Å²) < 4.78 is 5.82. The average molecular weight is 247 g/mol. The van der Waals surface area contributed by atoms with E-state index < -0.39 is 0 Å². The number of ether oxygens (including phenoxy) is 1. The number of aryl methyl sites for hydroxylation is 2. The van der Waals surface area contributed by atoms with Gasteiger partial charge in [-0.25, -0.2) is 0 Å². The van der Waals surface area contributed by atoms with Gasteiger partial charge in [-0.1, -0.05) is 6.42 Å². The summed E-state index contributed by atoms with van der Waals surface area (Å²) in [5.74, 6) is 1.30. The molecule has 1 aromatic carbocycles. The van der Waals surface area contributed by atoms with Gasteiger partial charge in [0.15, 0.2) is 5.78 Å². The fourth-order valence-corrected chi connectivity index (χ4v) is 2.10. The standard InChI is InChI=1S/C15H21NO2/c1-10-6-13(14(17)8-16)15(7-11(10)2)18-9-12-4-3-5-12/h6-7,12H,3-5,8-9,16H2,1-2H3. The zero-order valence-electron chi connectivity index (χ0n) is 11.2. The Bertz CT molecular complexity index is 450. The Morgan fingerprint density at radius 3 is 2.56 bits per heavy atom. The summed E-state index contributed by atoms with van der Waals surface area (Å²) >= 11 is 0. The lowest BCUT2D eigenvalue weighted by Gasteiger charge is -2.25. The van der Waals surface area contributed by atoms with Gasteiger partial charge in [-0.3, -0.25) is 4.79 Å². The van der Waals surface area contributed by atoms with Crippen molar-refractivity contribution in [2.75, 3.05) is 13.2 Å². The monoisotopic (exact) mass is 247 g/mol. The van der Waals surface area contributed by atoms with E-state index >= 15 is 0 Å². The predicted molar refractivity (Wildman–Crippen MR) is 72.1 cm³/mol. The molecule has 98 valence electrons. The van der Waals surface area contributed by atoms with E-state index in [1.165, 1.54) is 19.3 Å². The van der Waals surface area contributed by atoms with E-state index in [1.54, 1.807) is 0 Å². The molecule has 0 heterocycles. The Morgan fingerprint density at radius 2 is 2.00 bits per heavy atom. The van der Waals surface area contributed by atoms with Gasteiger partial charge < -0.3 is 10.5 Å². The highest BCUT2D eigenvalue weighted by Gasteiger charge is 2.20. The van der Waals surface area contributed by atoms with Gasteiger partial charge in [0.05, 0.1) is 18.7 Å². The van der Waals surface area contributed by atoms with Crippen LogP contribution in [0.5, 0.6) is 5.75 Å². The highest BCUT2D eigenvalue weighted by molar-refractivity contribution is 6.00. The minimum atomic E-state index is -0.0540. The average Bonchev–Trinajstić information content (AvgIpc) is 2.30. The SMILES string of the molecule is Cc1cc(OCC2CCC2)c(C(=O)CN)cc1C. The van der Waals surface area contributed by atoms with Crippen LogP contribution in [0.15, 0.2) is 12.1 Å². The lowest BCUT2D eigenvalue weighted by Crippen LogP contribution is -2.21. The van der Waals surface area contributed by atoms with Crippen LogP contribution in [0.3, 0.4) is 0 Å². The third-order valence-corrected chi connectivity index (χ3v) is 3.78. The highest BCUT2D eigenvalue weighted by Crippen LogP contribution is 2.29. The molecule has 0 saturated heterocycles. The third-order valence-electron chi connectivity index (χ3n) is 3.78. The number of hydrogen-bond donors (Lipinski definition) is 1. The third kappa shape index (κ3) is 2.72. The molecule has 0 unspecified atom stereocenters. The molecule has 0 atom stereocenters. The second-order valence-electron chi connectivity index (χ2n) is 5.17. The molecule has 0 bridgehead atoms. The first-order chi connectivity index (χ1) is 8.61. The fraction of sp³-hybridized carbons (Fsp3) is 0.533. The second kappa shape index (κ2) is 5.53. The molecule has 2 N–H and O–H groups in total. The minimum Gasteiger partial charge on any atom is -0.493 e. The maximum absolute atomic E-state index is 11.8. The molecule has 2 rings (SSSR count). The van der Waals surface area contributed by atoms with Gasteiger partial charge in [-0.2, -0.15) is 0 Å². The summed E-state index contributed by atoms with van der Waals surface area (Å²) in [5, 5.41) is 0. The van der Waals surface area contributed by atoms with Crippen molar-refractivity contribution < 1.29 is 9.53 Å². The van der Waals surface area contributed by atoms with E-state index in [-0.39, 0.29) is 12.3 Å². The zero-order chi connectivity index (χ0) is 13.1. The van der Waals surface area contributed by atoms with Gasteiger partial charge in [-0.05, 0) is 55.9 Å². The lowest BCUT2D eigenvalue weighted by atomic mass is 9.86. The van der Waals surface area contributed by atoms with Crippen molar-refractivity contribution in [1.82, 2.24) is 0 Å². The Morgan fingerprint density at radius 1 is 1.33 bits per heavy atom. The number of hydrogen-bond acceptors (Lipinski definition) is 3. The molecule has 1 aliphatic rings. The van der Waals surface area contributed by atoms with Gasteiger partial charge in [0, 0.05) is 0 Å². The van der Waals surface area contributed by atoms with Crippen LogP contribution in [0.1, 0.15) is 40.7 Å². The summed E-state index contributed by atoms with van der Waals surface area (Å²) in [4.78, 5) is 11.8. The fourth-order valence-electron chi connectivity index (χ4n) is 2.10. The van der Waals surface area contributed by atoms with Crippen LogP contribution < -0.4 is 10.5 Å². The smallest absolute Gasteiger partial charge is 0.180 e. The summed E-state index contributed by atoms with van der Waals surface area (Å²) in [6.45, 7) is 4.77. The molecular formula is C15H21NO2. The highest BCUT2D eigenvalue weighted by atomic mass is 16.5. The number of carbonyl (C=O) groups is 1. The molecule has 18 heavy (non-hydrogen) atoms. The maximum atomic E-state index is 11.8. The summed E-state index contributed by atoms with van der Waals surface area (Å²) in [6.07, 6.45) is 3.78. The van der Waals surface area contributed by atoms with Crippen molar-refractivity contribution in [3.8, 4) is 5.75 Å². The largest absolute Gasteiger partial charge is 0.493 e. The predicted octanol–water partition coefficient (Wildman–Crippen LogP) is 2.62. The van der Waals surface area contributed by atoms with E-state index in [9.17, 15) is 4.79 Å². The molecule has 3 nitrogen and oxygen atoms in total. The Kier molecular flexibility index (Phi) is 4.02. The van der Waals surface area contributed by atoms with Gasteiger partial charge in [0.25, 0.3) is 0 Å². The van der Waals surface area contributed by atoms with Crippen LogP contribution in [-0.4, -0.2) is 18.9 Å². The number of nitrogens with two attached hydrogens (primary N) is 1. The van der Waals surface area contributed by atoms with E-state index in [4.69, 9.17) is 10.5 Å². The molecule has 1 aliphatic carbocycles. The number of Topliss-reactive ketones (excluding diaryl/α,β-unsaturated/α-hetero) is 1. The number of benzene rings is 1. The van der Waals surface area contributed by atoms with Gasteiger partial charge >= 0.3 is 0 Å². The summed E-state index contributed by atoms with van der Waals surface area (Å²) in [5.41, 5.74) is 8.32. The van der Waals surface area contributed by atoms with Crippen LogP contribution in [-0.2, 0) is 0 Å². The van der Waals surface area contributed by atoms with E-state index in [0.29, 0.717) is 23.8 Å². The van der Waals surface area contributed by atoms with Crippen LogP contribution >= 0.6 is 0 Å². The van der Waals surface area contributed by atoms with Gasteiger partial charge in [0.2, 0.25) is 0 Å². The molecule has 0 amide bonds. The lowest BCUT2D eigenvalue weighted by molar-refractivity contribution is 0.0994. The molecular weight excluding hydrogens is 226 g/mol. The van der Waals surface area contributed by atoms with Crippen molar-refractivity contribution in [1.29, 1.82) is 0 Å². The number of carbonyl (C=O) groups excluding carboxylic acids is 1. The quantitative estimate of drug-likeness (QED) is 0.814. The number of ketones is 1. The van der Waals surface area contributed by atoms with Crippen molar-refractivity contribution in [3.63, 3.8) is 0 Å². The Balaban J connectivity index is 2.19. The topological polar surface area (TPSA) is 52.3 Å². The van der Waals surface area contributed by atoms with Crippen LogP contribution in [0.4, 0.5) is 0 Å². The van der Waals surface area contributed by atoms with Crippen LogP contribution in [0.2, 0.25) is 0 Å². The van der Waals surface area contributed by atoms with Gasteiger partial charge in [0.1, 0.15) is 5.75 Å². The molecule has 3 heteroatoms. The van der Waals surface area contributed by atoms with E-state index in [1.807, 2.05) is 26.0 Å². The minimum absolute atomic E-state index is 0.0300. The molecule has 0 aliphatic heterocycles. The molecule has 1 saturated carbocycles. The van der Waals surface area contributed by atoms with E-state index in [2.05, 4.69) is 0 Å². The molecule has 1 fully saturated rings. The van der Waals surface area contributed by atoms with Crippen molar-refractivity contribution in [2.45, 2.75) is 33.1 Å². The van der Waals surface area contributed by atoms with E-state index in [0.717, 1.165) is 11.1 Å². The van der Waals surface area contributed by atoms with Crippen molar-refractivity contribution in [2.24, 2.45) is 11.7 Å². The number of rotatable bonds is 5. The molecule has 1 aromatic rings. The van der Waals surface area contributed by atoms with Crippen molar-refractivity contribution >= 4 is 5.78 Å². The first-order valence-corrected chi connectivity index (χ1v) is 6.59. The summed E-state index contributed by atoms with van der Waals surface area (Å²) in [7, 11) is 0. The first-order valence-electron chi connectivity index (χ1n) is 6.59. The maximum Gasteiger partial charge on any atom is 0.180 e. The Hall–Kier alpha value is -1.35. The second-order valence-corrected chi connectivity index (χ2v) is 5.17. The van der Waals surface area contributed by atoms with Crippen LogP contribution in [0.25, 0.3) is 0 Å². The van der Waals surface area contributed by atoms with Gasteiger partial charge in [-0.15, -0.1) is 0 Å².